The van der Waals surface area contributed by atoms with Crippen LogP contribution in [0.2, 0.25) is 0 Å². The van der Waals surface area contributed by atoms with Crippen LogP contribution in [0.3, 0.4) is 0 Å². The van der Waals surface area contributed by atoms with Crippen molar-refractivity contribution in [3.63, 3.8) is 0 Å². The summed E-state index contributed by atoms with van der Waals surface area (Å²) in [6, 6.07) is 12.0. The zero-order valence-corrected chi connectivity index (χ0v) is 21.7. The van der Waals surface area contributed by atoms with Gasteiger partial charge in [0.05, 0.1) is 18.3 Å². The molecule has 1 N–H and O–H groups in total. The predicted octanol–water partition coefficient (Wildman–Crippen LogP) is 2.36. The van der Waals surface area contributed by atoms with Gasteiger partial charge in [0.15, 0.2) is 0 Å². The molecule has 0 heterocycles. The van der Waals surface area contributed by atoms with E-state index in [2.05, 4.69) is 5.32 Å². The second-order valence-corrected chi connectivity index (χ2v) is 10.1. The van der Waals surface area contributed by atoms with Crippen molar-refractivity contribution in [3.05, 3.63) is 64.2 Å². The minimum atomic E-state index is -4.07. The van der Waals surface area contributed by atoms with E-state index in [1.807, 2.05) is 37.3 Å². The number of hydrogen-bond acceptors (Lipinski definition) is 7. The highest BCUT2D eigenvalue weighted by Gasteiger charge is 2.31. The fourth-order valence-electron chi connectivity index (χ4n) is 3.55. The van der Waals surface area contributed by atoms with E-state index >= 15 is 0 Å². The first kappa shape index (κ1) is 28.6. The van der Waals surface area contributed by atoms with Gasteiger partial charge in [-0.05, 0) is 31.4 Å². The third-order valence-corrected chi connectivity index (χ3v) is 6.65. The SMILES string of the molecule is CCCNC(=O)[C@@H](C)N(CCc1ccccc1)C(=O)CN(c1cc([N+](=O)[O-])ccc1OC)S(C)(=O)=O. The summed E-state index contributed by atoms with van der Waals surface area (Å²) in [5, 5.41) is 14.1. The molecular formula is C24H32N4O7S. The maximum absolute atomic E-state index is 13.5. The van der Waals surface area contributed by atoms with E-state index < -0.39 is 33.4 Å². The number of amides is 2. The van der Waals surface area contributed by atoms with Crippen LogP contribution in [-0.2, 0) is 26.0 Å². The number of anilines is 1. The van der Waals surface area contributed by atoms with Crippen LogP contribution in [0.1, 0.15) is 25.8 Å². The predicted molar refractivity (Wildman–Crippen MR) is 136 cm³/mol. The van der Waals surface area contributed by atoms with Gasteiger partial charge in [0.1, 0.15) is 24.0 Å². The smallest absolute Gasteiger partial charge is 0.271 e. The number of ether oxygens (including phenoxy) is 1. The molecule has 0 radical (unpaired) electrons. The largest absolute Gasteiger partial charge is 0.495 e. The normalized spacial score (nSPS) is 11.9. The minimum absolute atomic E-state index is 0.0448. The summed E-state index contributed by atoms with van der Waals surface area (Å²) in [6.45, 7) is 3.40. The van der Waals surface area contributed by atoms with E-state index in [1.54, 1.807) is 6.92 Å². The first-order chi connectivity index (χ1) is 17.0. The van der Waals surface area contributed by atoms with E-state index in [-0.39, 0.29) is 29.6 Å². The van der Waals surface area contributed by atoms with E-state index in [0.717, 1.165) is 22.2 Å². The van der Waals surface area contributed by atoms with Crippen molar-refractivity contribution in [3.8, 4) is 5.75 Å². The molecule has 0 aromatic heterocycles. The molecule has 11 nitrogen and oxygen atoms in total. The van der Waals surface area contributed by atoms with Gasteiger partial charge in [-0.3, -0.25) is 24.0 Å². The lowest BCUT2D eigenvalue weighted by atomic mass is 10.1. The van der Waals surface area contributed by atoms with Crippen LogP contribution in [0.5, 0.6) is 5.75 Å². The van der Waals surface area contributed by atoms with Crippen LogP contribution in [-0.4, -0.2) is 69.1 Å². The van der Waals surface area contributed by atoms with E-state index in [0.29, 0.717) is 19.4 Å². The lowest BCUT2D eigenvalue weighted by Crippen LogP contribution is -2.52. The monoisotopic (exact) mass is 520 g/mol. The van der Waals surface area contributed by atoms with Gasteiger partial charge in [-0.15, -0.1) is 0 Å². The fraction of sp³-hybridized carbons (Fsp3) is 0.417. The number of sulfonamides is 1. The van der Waals surface area contributed by atoms with Gasteiger partial charge in [-0.25, -0.2) is 8.42 Å². The third kappa shape index (κ3) is 7.67. The zero-order chi connectivity index (χ0) is 26.9. The number of rotatable bonds is 13. The molecule has 0 fully saturated rings. The van der Waals surface area contributed by atoms with Gasteiger partial charge < -0.3 is 15.0 Å². The van der Waals surface area contributed by atoms with Crippen LogP contribution >= 0.6 is 0 Å². The summed E-state index contributed by atoms with van der Waals surface area (Å²) < 4.78 is 31.4. The van der Waals surface area contributed by atoms with Crippen molar-refractivity contribution in [1.82, 2.24) is 10.2 Å². The number of nitrogens with one attached hydrogen (secondary N) is 1. The number of nitro benzene ring substituents is 1. The molecule has 0 aliphatic carbocycles. The molecular weight excluding hydrogens is 488 g/mol. The highest BCUT2D eigenvalue weighted by atomic mass is 32.2. The number of carbonyl (C=O) groups excluding carboxylic acids is 2. The molecule has 0 unspecified atom stereocenters. The highest BCUT2D eigenvalue weighted by molar-refractivity contribution is 7.92. The number of carbonyl (C=O) groups is 2. The van der Waals surface area contributed by atoms with Crippen molar-refractivity contribution in [2.24, 2.45) is 0 Å². The Labute approximate surface area is 211 Å². The molecule has 196 valence electrons. The summed E-state index contributed by atoms with van der Waals surface area (Å²) in [5.74, 6) is -0.954. The fourth-order valence-corrected chi connectivity index (χ4v) is 4.39. The Morgan fingerprint density at radius 2 is 1.83 bits per heavy atom. The maximum Gasteiger partial charge on any atom is 0.271 e. The Balaban J connectivity index is 2.42. The number of nitro groups is 1. The number of non-ortho nitro benzene ring substituents is 1. The Bertz CT molecular complexity index is 1170. The minimum Gasteiger partial charge on any atom is -0.495 e. The van der Waals surface area contributed by atoms with Crippen LogP contribution in [0.4, 0.5) is 11.4 Å². The number of benzene rings is 2. The van der Waals surface area contributed by atoms with Crippen LogP contribution in [0.15, 0.2) is 48.5 Å². The van der Waals surface area contributed by atoms with Crippen molar-refractivity contribution in [1.29, 1.82) is 0 Å². The van der Waals surface area contributed by atoms with Gasteiger partial charge in [-0.1, -0.05) is 37.3 Å². The lowest BCUT2D eigenvalue weighted by molar-refractivity contribution is -0.384. The highest BCUT2D eigenvalue weighted by Crippen LogP contribution is 2.33. The quantitative estimate of drug-likeness (QED) is 0.316. The summed E-state index contributed by atoms with van der Waals surface area (Å²) in [4.78, 5) is 38.2. The summed E-state index contributed by atoms with van der Waals surface area (Å²) in [7, 11) is -2.78. The summed E-state index contributed by atoms with van der Waals surface area (Å²) >= 11 is 0. The van der Waals surface area contributed by atoms with Crippen LogP contribution in [0.25, 0.3) is 0 Å². The van der Waals surface area contributed by atoms with E-state index in [1.165, 1.54) is 24.1 Å². The van der Waals surface area contributed by atoms with E-state index in [9.17, 15) is 28.1 Å². The number of nitrogens with zero attached hydrogens (tertiary/aromatic N) is 3. The lowest BCUT2D eigenvalue weighted by Gasteiger charge is -2.31. The first-order valence-electron chi connectivity index (χ1n) is 11.4. The number of methoxy groups -OCH3 is 1. The van der Waals surface area contributed by atoms with Crippen molar-refractivity contribution in [2.45, 2.75) is 32.7 Å². The zero-order valence-electron chi connectivity index (χ0n) is 20.8. The van der Waals surface area contributed by atoms with Crippen molar-refractivity contribution >= 4 is 33.2 Å². The molecule has 2 amide bonds. The van der Waals surface area contributed by atoms with Gasteiger partial charge in [0.25, 0.3) is 5.69 Å². The molecule has 0 saturated carbocycles. The van der Waals surface area contributed by atoms with Gasteiger partial charge in [-0.2, -0.15) is 0 Å². The van der Waals surface area contributed by atoms with Crippen LogP contribution in [0, 0.1) is 10.1 Å². The maximum atomic E-state index is 13.5. The average molecular weight is 521 g/mol. The van der Waals surface area contributed by atoms with Crippen molar-refractivity contribution in [2.75, 3.05) is 37.3 Å². The Hall–Kier alpha value is -3.67. The van der Waals surface area contributed by atoms with E-state index in [4.69, 9.17) is 4.74 Å². The average Bonchev–Trinajstić information content (AvgIpc) is 2.85. The van der Waals surface area contributed by atoms with Gasteiger partial charge in [0.2, 0.25) is 21.8 Å². The molecule has 2 aromatic rings. The first-order valence-corrected chi connectivity index (χ1v) is 13.3. The van der Waals surface area contributed by atoms with Crippen LogP contribution < -0.4 is 14.4 Å². The van der Waals surface area contributed by atoms with Gasteiger partial charge >= 0.3 is 0 Å². The Morgan fingerprint density at radius 1 is 1.17 bits per heavy atom. The molecule has 1 atom stereocenters. The second kappa shape index (κ2) is 12.9. The van der Waals surface area contributed by atoms with Crippen molar-refractivity contribution < 1.29 is 27.7 Å². The molecule has 0 spiro atoms. The standard InChI is InChI=1S/C24H32N4O7S/c1-5-14-25-24(30)18(2)26(15-13-19-9-7-6-8-10-19)23(29)17-27(36(4,33)34)21-16-20(28(31)32)11-12-22(21)35-3/h6-12,16,18H,5,13-15,17H2,1-4H3,(H,25,30)/t18-/m1/s1. The molecule has 0 saturated heterocycles. The topological polar surface area (TPSA) is 139 Å². The number of hydrogen-bond donors (Lipinski definition) is 1. The Morgan fingerprint density at radius 3 is 2.39 bits per heavy atom. The molecule has 36 heavy (non-hydrogen) atoms. The summed E-state index contributed by atoms with van der Waals surface area (Å²) in [5.41, 5.74) is 0.436. The Kier molecular flexibility index (Phi) is 10.2. The molecule has 2 rings (SSSR count). The molecule has 0 aliphatic heterocycles. The molecule has 2 aromatic carbocycles. The molecule has 12 heteroatoms. The van der Waals surface area contributed by atoms with Gasteiger partial charge in [0, 0.05) is 25.2 Å². The summed E-state index contributed by atoms with van der Waals surface area (Å²) in [6.07, 6.45) is 2.05. The molecule has 0 bridgehead atoms. The molecule has 0 aliphatic rings. The third-order valence-electron chi connectivity index (χ3n) is 5.52. The second-order valence-electron chi connectivity index (χ2n) is 8.17.